The van der Waals surface area contributed by atoms with Gasteiger partial charge in [0.25, 0.3) is 0 Å². The number of hydrogen-bond acceptors (Lipinski definition) is 8. The van der Waals surface area contributed by atoms with Crippen LogP contribution in [0.25, 0.3) is 0 Å². The SMILES string of the molecule is CCCC[O][Ti][O]CCCC.CCOC(=O)CC(C)=O.CCOC(=O)CC(C)=O. The van der Waals surface area contributed by atoms with Crippen LogP contribution in [0.2, 0.25) is 0 Å². The van der Waals surface area contributed by atoms with E-state index in [2.05, 4.69) is 23.3 Å². The van der Waals surface area contributed by atoms with Crippen LogP contribution in [0.4, 0.5) is 0 Å². The number of hydrogen-bond donors (Lipinski definition) is 0. The van der Waals surface area contributed by atoms with Crippen molar-refractivity contribution in [3.63, 3.8) is 0 Å². The summed E-state index contributed by atoms with van der Waals surface area (Å²) in [6.07, 6.45) is 4.55. The Morgan fingerprint density at radius 1 is 0.655 bits per heavy atom. The molecule has 0 amide bonds. The second-order valence-electron chi connectivity index (χ2n) is 5.85. The third-order valence-corrected chi connectivity index (χ3v) is 3.72. The number of unbranched alkanes of at least 4 members (excludes halogenated alkanes) is 2. The average molecular weight is 454 g/mol. The van der Waals surface area contributed by atoms with Gasteiger partial charge in [-0.1, -0.05) is 0 Å². The van der Waals surface area contributed by atoms with Gasteiger partial charge in [-0.3, -0.25) is 19.2 Å². The molecule has 0 aromatic carbocycles. The molecule has 0 aromatic heterocycles. The van der Waals surface area contributed by atoms with E-state index in [4.69, 9.17) is 6.64 Å². The quantitative estimate of drug-likeness (QED) is 0.170. The van der Waals surface area contributed by atoms with Gasteiger partial charge in [0.15, 0.2) is 0 Å². The molecule has 0 bridgehead atoms. The molecule has 0 rings (SSSR count). The summed E-state index contributed by atoms with van der Waals surface area (Å²) >= 11 is -0.519. The van der Waals surface area contributed by atoms with Crippen LogP contribution >= 0.6 is 0 Å². The molecule has 0 unspecified atom stereocenters. The van der Waals surface area contributed by atoms with E-state index in [-0.39, 0.29) is 24.4 Å². The Labute approximate surface area is 185 Å². The van der Waals surface area contributed by atoms with E-state index in [9.17, 15) is 19.2 Å². The fraction of sp³-hybridized carbons (Fsp3) is 0.800. The van der Waals surface area contributed by atoms with E-state index in [0.29, 0.717) is 13.2 Å². The van der Waals surface area contributed by atoms with Crippen LogP contribution in [-0.2, 0) is 55.2 Å². The molecule has 29 heavy (non-hydrogen) atoms. The molecule has 9 heteroatoms. The van der Waals surface area contributed by atoms with Crippen molar-refractivity contribution in [3.8, 4) is 0 Å². The predicted octanol–water partition coefficient (Wildman–Crippen LogP) is 3.59. The van der Waals surface area contributed by atoms with E-state index >= 15 is 0 Å². The molecule has 0 fully saturated rings. The van der Waals surface area contributed by atoms with Gasteiger partial charge >= 0.3 is 91.2 Å². The molecular weight excluding hydrogens is 416 g/mol. The zero-order valence-corrected chi connectivity index (χ0v) is 20.4. The minimum atomic E-state index is -0.519. The van der Waals surface area contributed by atoms with Crippen LogP contribution in [0, 0.1) is 0 Å². The van der Waals surface area contributed by atoms with E-state index in [1.54, 1.807) is 13.8 Å². The van der Waals surface area contributed by atoms with E-state index in [1.807, 2.05) is 0 Å². The molecule has 0 radical (unpaired) electrons. The molecule has 170 valence electrons. The normalized spacial score (nSPS) is 9.17. The summed E-state index contributed by atoms with van der Waals surface area (Å²) in [6, 6.07) is 0. The fourth-order valence-electron chi connectivity index (χ4n) is 1.39. The number of carbonyl (C=O) groups excluding carboxylic acids is 4. The molecule has 0 aliphatic rings. The van der Waals surface area contributed by atoms with Gasteiger partial charge in [0.2, 0.25) is 0 Å². The summed E-state index contributed by atoms with van der Waals surface area (Å²) < 4.78 is 19.6. The largest absolute Gasteiger partial charge is 0.466 e. The third kappa shape index (κ3) is 38.2. The minimum absolute atomic E-state index is 0.103. The van der Waals surface area contributed by atoms with Crippen molar-refractivity contribution in [1.82, 2.24) is 0 Å². The van der Waals surface area contributed by atoms with Crippen molar-refractivity contribution < 1.29 is 55.2 Å². The molecule has 0 saturated heterocycles. The molecule has 0 heterocycles. The second kappa shape index (κ2) is 26.9. The monoisotopic (exact) mass is 454 g/mol. The molecule has 0 N–H and O–H groups in total. The molecule has 0 aliphatic heterocycles. The summed E-state index contributed by atoms with van der Waals surface area (Å²) in [7, 11) is 0. The van der Waals surface area contributed by atoms with E-state index in [0.717, 1.165) is 13.2 Å². The Hall–Kier alpha value is -1.09. The first kappa shape index (κ1) is 32.6. The molecular formula is C20H38O8Ti. The number of rotatable bonds is 14. The standard InChI is InChI=1S/2C6H10O3.2C4H9O.Ti/c2*1-3-9-6(8)4-5(2)7;2*1-2-3-4-5;/h2*3-4H2,1-2H3;2*2-4H2,1H3;/q;;2*-1;+2. The molecule has 0 atom stereocenters. The van der Waals surface area contributed by atoms with Crippen LogP contribution in [-0.4, -0.2) is 49.9 Å². The summed E-state index contributed by atoms with van der Waals surface area (Å²) in [6.45, 7) is 12.9. The third-order valence-electron chi connectivity index (χ3n) is 2.71. The Kier molecular flexibility index (Phi) is 30.2. The van der Waals surface area contributed by atoms with Gasteiger partial charge in [0.05, 0.1) is 13.2 Å². The van der Waals surface area contributed by atoms with E-state index in [1.165, 1.54) is 39.5 Å². The Morgan fingerprint density at radius 2 is 1.00 bits per heavy atom. The van der Waals surface area contributed by atoms with Crippen LogP contribution < -0.4 is 0 Å². The van der Waals surface area contributed by atoms with Crippen LogP contribution in [0.1, 0.15) is 80.1 Å². The van der Waals surface area contributed by atoms with Crippen molar-refractivity contribution in [2.45, 2.75) is 80.1 Å². The summed E-state index contributed by atoms with van der Waals surface area (Å²) in [5.74, 6) is -1.20. The number of esters is 2. The smallest absolute Gasteiger partial charge is 0.313 e. The second-order valence-corrected chi connectivity index (χ2v) is 7.02. The molecule has 0 saturated carbocycles. The molecule has 0 aromatic rings. The van der Waals surface area contributed by atoms with Crippen molar-refractivity contribution in [3.05, 3.63) is 0 Å². The van der Waals surface area contributed by atoms with Gasteiger partial charge < -0.3 is 9.47 Å². The van der Waals surface area contributed by atoms with Crippen LogP contribution in [0.15, 0.2) is 0 Å². The van der Waals surface area contributed by atoms with Crippen molar-refractivity contribution in [2.75, 3.05) is 26.4 Å². The number of Topliss-reactive ketones (excluding diaryl/α,β-unsaturated/α-hetero) is 2. The van der Waals surface area contributed by atoms with Crippen LogP contribution in [0.3, 0.4) is 0 Å². The molecule has 8 nitrogen and oxygen atoms in total. The minimum Gasteiger partial charge on any atom is -0.466 e. The number of ether oxygens (including phenoxy) is 2. The summed E-state index contributed by atoms with van der Waals surface area (Å²) in [4.78, 5) is 41.3. The first-order valence-electron chi connectivity index (χ1n) is 10.0. The Balaban J connectivity index is -0.000000352. The van der Waals surface area contributed by atoms with Crippen LogP contribution in [0.5, 0.6) is 0 Å². The van der Waals surface area contributed by atoms with Gasteiger partial charge in [-0.25, -0.2) is 0 Å². The van der Waals surface area contributed by atoms with Gasteiger partial charge in [-0.15, -0.1) is 0 Å². The van der Waals surface area contributed by atoms with Gasteiger partial charge in [0, 0.05) is 0 Å². The van der Waals surface area contributed by atoms with Gasteiger partial charge in [-0.2, -0.15) is 0 Å². The topological polar surface area (TPSA) is 105 Å². The maximum Gasteiger partial charge on any atom is 0.313 e. The average Bonchev–Trinajstić information content (AvgIpc) is 2.61. The first-order chi connectivity index (χ1) is 13.7. The predicted molar refractivity (Wildman–Crippen MR) is 106 cm³/mol. The number of ketones is 2. The summed E-state index contributed by atoms with van der Waals surface area (Å²) in [5.41, 5.74) is 0. The maximum absolute atomic E-state index is 10.4. The Morgan fingerprint density at radius 3 is 1.24 bits per heavy atom. The van der Waals surface area contributed by atoms with Gasteiger partial charge in [-0.05, 0) is 27.7 Å². The Bertz CT molecular complexity index is 389. The van der Waals surface area contributed by atoms with Crippen molar-refractivity contribution in [2.24, 2.45) is 0 Å². The first-order valence-corrected chi connectivity index (χ1v) is 11.3. The van der Waals surface area contributed by atoms with E-state index < -0.39 is 31.9 Å². The van der Waals surface area contributed by atoms with Gasteiger partial charge in [0.1, 0.15) is 24.4 Å². The fourth-order valence-corrected chi connectivity index (χ4v) is 2.23. The zero-order valence-electron chi connectivity index (χ0n) is 18.8. The molecule has 0 spiro atoms. The molecule has 0 aliphatic carbocycles. The van der Waals surface area contributed by atoms with Crippen molar-refractivity contribution in [1.29, 1.82) is 0 Å². The summed E-state index contributed by atoms with van der Waals surface area (Å²) in [5, 5.41) is 0. The zero-order chi connectivity index (χ0) is 22.9. The maximum atomic E-state index is 10.4. The number of carbonyl (C=O) groups is 4. The van der Waals surface area contributed by atoms with Crippen molar-refractivity contribution >= 4 is 23.5 Å².